The second kappa shape index (κ2) is 3.47. The molecule has 1 fully saturated rings. The molecule has 0 saturated carbocycles. The first-order valence-electron chi connectivity index (χ1n) is 5.52. The van der Waals surface area contributed by atoms with E-state index in [0.717, 1.165) is 13.0 Å². The number of carbonyl (C=O) groups excluding carboxylic acids is 2. The predicted octanol–water partition coefficient (Wildman–Crippen LogP) is 1.53. The predicted molar refractivity (Wildman–Crippen MR) is 57.3 cm³/mol. The van der Waals surface area contributed by atoms with Gasteiger partial charge in [0, 0.05) is 30.2 Å². The zero-order chi connectivity index (χ0) is 11.2. The number of amides is 1. The van der Waals surface area contributed by atoms with Crippen molar-refractivity contribution in [1.29, 1.82) is 0 Å². The summed E-state index contributed by atoms with van der Waals surface area (Å²) < 4.78 is 0. The van der Waals surface area contributed by atoms with Gasteiger partial charge >= 0.3 is 0 Å². The lowest BCUT2D eigenvalue weighted by molar-refractivity contribution is -0.127. The molecule has 15 heavy (non-hydrogen) atoms. The molecule has 0 radical (unpaired) electrons. The van der Waals surface area contributed by atoms with Crippen LogP contribution in [-0.2, 0) is 9.59 Å². The van der Waals surface area contributed by atoms with E-state index < -0.39 is 0 Å². The topological polar surface area (TPSA) is 37.4 Å². The molecule has 1 saturated heterocycles. The Morgan fingerprint density at radius 1 is 1.20 bits per heavy atom. The van der Waals surface area contributed by atoms with Crippen LogP contribution in [0.15, 0.2) is 11.1 Å². The Kier molecular flexibility index (Phi) is 2.41. The summed E-state index contributed by atoms with van der Waals surface area (Å²) in [6.07, 6.45) is 1.48. The summed E-state index contributed by atoms with van der Waals surface area (Å²) in [5.74, 6) is 0.730. The number of hydrogen-bond acceptors (Lipinski definition) is 2. The number of hydrogen-bond donors (Lipinski definition) is 0. The third kappa shape index (κ3) is 1.60. The van der Waals surface area contributed by atoms with E-state index in [4.69, 9.17) is 0 Å². The lowest BCUT2D eigenvalue weighted by atomic mass is 10.00. The second-order valence-corrected chi connectivity index (χ2v) is 4.83. The minimum Gasteiger partial charge on any atom is -0.335 e. The van der Waals surface area contributed by atoms with E-state index in [1.807, 2.05) is 4.90 Å². The van der Waals surface area contributed by atoms with Gasteiger partial charge in [0.1, 0.15) is 0 Å². The molecule has 3 nitrogen and oxygen atoms in total. The summed E-state index contributed by atoms with van der Waals surface area (Å²) in [6, 6.07) is 0.146. The fourth-order valence-electron chi connectivity index (χ4n) is 2.55. The van der Waals surface area contributed by atoms with Crippen LogP contribution in [0.2, 0.25) is 0 Å². The lowest BCUT2D eigenvalue weighted by Gasteiger charge is -2.21. The van der Waals surface area contributed by atoms with Crippen LogP contribution in [0.4, 0.5) is 0 Å². The van der Waals surface area contributed by atoms with Gasteiger partial charge in [-0.25, -0.2) is 0 Å². The van der Waals surface area contributed by atoms with Crippen LogP contribution < -0.4 is 0 Å². The quantitative estimate of drug-likeness (QED) is 0.604. The summed E-state index contributed by atoms with van der Waals surface area (Å²) in [7, 11) is 0. The first-order valence-corrected chi connectivity index (χ1v) is 5.52. The largest absolute Gasteiger partial charge is 0.335 e. The molecule has 2 atom stereocenters. The summed E-state index contributed by atoms with van der Waals surface area (Å²) in [4.78, 5) is 25.7. The van der Waals surface area contributed by atoms with Crippen molar-refractivity contribution in [1.82, 2.24) is 4.90 Å². The van der Waals surface area contributed by atoms with Crippen LogP contribution in [0, 0.1) is 5.92 Å². The maximum Gasteiger partial charge on any atom is 0.250 e. The standard InChI is InChI=1S/C12H17NO2/c1-7-4-10-5-11(14)8(2)9(3)12(15)13(10)6-7/h7,10H,4-6H2,1-3H3/t7-,10+/m0/s1. The Hall–Kier alpha value is -1.12. The number of nitrogens with zero attached hydrogens (tertiary/aromatic N) is 1. The first-order chi connectivity index (χ1) is 7.00. The molecule has 0 aromatic carbocycles. The smallest absolute Gasteiger partial charge is 0.250 e. The Morgan fingerprint density at radius 2 is 1.87 bits per heavy atom. The van der Waals surface area contributed by atoms with Crippen molar-refractivity contribution < 1.29 is 9.59 Å². The van der Waals surface area contributed by atoms with E-state index in [1.54, 1.807) is 13.8 Å². The maximum atomic E-state index is 12.0. The molecule has 0 aromatic heterocycles. The average molecular weight is 207 g/mol. The highest BCUT2D eigenvalue weighted by atomic mass is 16.2. The number of allylic oxidation sites excluding steroid dienone is 1. The van der Waals surface area contributed by atoms with E-state index in [9.17, 15) is 9.59 Å². The number of carbonyl (C=O) groups is 2. The van der Waals surface area contributed by atoms with E-state index in [-0.39, 0.29) is 17.7 Å². The fourth-order valence-corrected chi connectivity index (χ4v) is 2.55. The van der Waals surface area contributed by atoms with Crippen LogP contribution >= 0.6 is 0 Å². The van der Waals surface area contributed by atoms with Gasteiger partial charge in [-0.15, -0.1) is 0 Å². The second-order valence-electron chi connectivity index (χ2n) is 4.83. The molecular formula is C12H17NO2. The molecule has 0 spiro atoms. The molecular weight excluding hydrogens is 190 g/mol. The molecule has 0 unspecified atom stereocenters. The zero-order valence-electron chi connectivity index (χ0n) is 9.54. The molecule has 2 heterocycles. The Balaban J connectivity index is 2.36. The Bertz CT molecular complexity index is 357. The molecule has 2 aliphatic rings. The number of Topliss-reactive ketones (excluding diaryl/α,β-unsaturated/α-hetero) is 1. The molecule has 2 aliphatic heterocycles. The van der Waals surface area contributed by atoms with Gasteiger partial charge in [-0.3, -0.25) is 9.59 Å². The SMILES string of the molecule is CC1=C(C)C(=O)N2C[C@@H](C)C[C@@H]2CC1=O. The summed E-state index contributed by atoms with van der Waals surface area (Å²) in [5.41, 5.74) is 1.29. The van der Waals surface area contributed by atoms with Crippen LogP contribution in [0.1, 0.15) is 33.6 Å². The normalized spacial score (nSPS) is 32.1. The number of fused-ring (bicyclic) bond motifs is 1. The van der Waals surface area contributed by atoms with Gasteiger partial charge < -0.3 is 4.90 Å². The van der Waals surface area contributed by atoms with Crippen molar-refractivity contribution in [3.63, 3.8) is 0 Å². The van der Waals surface area contributed by atoms with Gasteiger partial charge in [-0.2, -0.15) is 0 Å². The third-order valence-corrected chi connectivity index (χ3v) is 3.61. The highest BCUT2D eigenvalue weighted by Crippen LogP contribution is 2.30. The van der Waals surface area contributed by atoms with Crippen LogP contribution in [0.25, 0.3) is 0 Å². The monoisotopic (exact) mass is 207 g/mol. The van der Waals surface area contributed by atoms with Crippen molar-refractivity contribution in [2.24, 2.45) is 5.92 Å². The molecule has 82 valence electrons. The molecule has 2 rings (SSSR count). The Labute approximate surface area is 90.1 Å². The first kappa shape index (κ1) is 10.4. The van der Waals surface area contributed by atoms with Gasteiger partial charge in [0.05, 0.1) is 0 Å². The summed E-state index contributed by atoms with van der Waals surface area (Å²) in [5, 5.41) is 0. The molecule has 0 N–H and O–H groups in total. The molecule has 1 amide bonds. The van der Waals surface area contributed by atoms with Crippen LogP contribution in [0.5, 0.6) is 0 Å². The zero-order valence-corrected chi connectivity index (χ0v) is 9.54. The van der Waals surface area contributed by atoms with Gasteiger partial charge in [0.25, 0.3) is 0 Å². The summed E-state index contributed by atoms with van der Waals surface area (Å²) in [6.45, 7) is 6.47. The molecule has 0 aliphatic carbocycles. The minimum atomic E-state index is 0.0627. The van der Waals surface area contributed by atoms with Gasteiger partial charge in [0.2, 0.25) is 5.91 Å². The number of rotatable bonds is 0. The fraction of sp³-hybridized carbons (Fsp3) is 0.667. The third-order valence-electron chi connectivity index (χ3n) is 3.61. The van der Waals surface area contributed by atoms with Crippen LogP contribution in [0.3, 0.4) is 0 Å². The van der Waals surface area contributed by atoms with Gasteiger partial charge in [-0.05, 0) is 26.2 Å². The van der Waals surface area contributed by atoms with Crippen LogP contribution in [-0.4, -0.2) is 29.2 Å². The summed E-state index contributed by atoms with van der Waals surface area (Å²) >= 11 is 0. The maximum absolute atomic E-state index is 12.0. The Morgan fingerprint density at radius 3 is 2.53 bits per heavy atom. The van der Waals surface area contributed by atoms with Crippen molar-refractivity contribution in [2.75, 3.05) is 6.54 Å². The highest BCUT2D eigenvalue weighted by Gasteiger charge is 2.37. The number of ketones is 1. The van der Waals surface area contributed by atoms with Crippen molar-refractivity contribution in [3.05, 3.63) is 11.1 Å². The van der Waals surface area contributed by atoms with E-state index in [0.29, 0.717) is 23.5 Å². The van der Waals surface area contributed by atoms with Crippen molar-refractivity contribution in [2.45, 2.75) is 39.7 Å². The van der Waals surface area contributed by atoms with Gasteiger partial charge in [0.15, 0.2) is 5.78 Å². The van der Waals surface area contributed by atoms with E-state index in [1.165, 1.54) is 0 Å². The lowest BCUT2D eigenvalue weighted by Crippen LogP contribution is -2.35. The van der Waals surface area contributed by atoms with Gasteiger partial charge in [-0.1, -0.05) is 6.92 Å². The molecule has 3 heteroatoms. The highest BCUT2D eigenvalue weighted by molar-refractivity contribution is 6.07. The van der Waals surface area contributed by atoms with Crippen molar-refractivity contribution in [3.8, 4) is 0 Å². The van der Waals surface area contributed by atoms with E-state index in [2.05, 4.69) is 6.92 Å². The molecule has 0 aromatic rings. The van der Waals surface area contributed by atoms with Crippen molar-refractivity contribution >= 4 is 11.7 Å². The average Bonchev–Trinajstić information content (AvgIpc) is 2.52. The molecule has 0 bridgehead atoms. The van der Waals surface area contributed by atoms with E-state index >= 15 is 0 Å². The minimum absolute atomic E-state index is 0.0627.